The Morgan fingerprint density at radius 2 is 1.93 bits per heavy atom. The van der Waals surface area contributed by atoms with E-state index in [1.807, 2.05) is 30.3 Å². The Balaban J connectivity index is 1.49. The minimum absolute atomic E-state index is 0.0543. The summed E-state index contributed by atoms with van der Waals surface area (Å²) in [4.78, 5) is 16.9. The molecule has 0 aliphatic heterocycles. The molecule has 0 aliphatic carbocycles. The Morgan fingerprint density at radius 1 is 1.14 bits per heavy atom. The smallest absolute Gasteiger partial charge is 0.361 e. The van der Waals surface area contributed by atoms with Crippen LogP contribution in [0, 0.1) is 19.7 Å². The molecule has 0 aliphatic rings. The molecule has 29 heavy (non-hydrogen) atoms. The van der Waals surface area contributed by atoms with Gasteiger partial charge in [0.1, 0.15) is 23.9 Å². The summed E-state index contributed by atoms with van der Waals surface area (Å²) in [6.07, 6.45) is 0. The van der Waals surface area contributed by atoms with Crippen LogP contribution in [-0.4, -0.2) is 25.9 Å². The summed E-state index contributed by atoms with van der Waals surface area (Å²) in [7, 11) is 0. The van der Waals surface area contributed by atoms with Gasteiger partial charge in [-0.2, -0.15) is 0 Å². The van der Waals surface area contributed by atoms with Gasteiger partial charge in [-0.3, -0.25) is 0 Å². The van der Waals surface area contributed by atoms with Gasteiger partial charge in [0.15, 0.2) is 5.69 Å². The van der Waals surface area contributed by atoms with Crippen LogP contribution >= 0.6 is 0 Å². The van der Waals surface area contributed by atoms with Crippen molar-refractivity contribution in [1.82, 2.24) is 20.0 Å². The van der Waals surface area contributed by atoms with E-state index in [2.05, 4.69) is 15.3 Å². The Labute approximate surface area is 165 Å². The highest BCUT2D eigenvalue weighted by molar-refractivity contribution is 5.88. The first kappa shape index (κ1) is 18.5. The molecule has 7 nitrogen and oxygen atoms in total. The lowest BCUT2D eigenvalue weighted by atomic mass is 10.2. The Morgan fingerprint density at radius 3 is 2.69 bits per heavy atom. The minimum Gasteiger partial charge on any atom is -0.454 e. The quantitative estimate of drug-likeness (QED) is 0.477. The number of carbonyl (C=O) groups excluding carboxylic acids is 1. The van der Waals surface area contributed by atoms with Crippen LogP contribution in [0.25, 0.3) is 17.1 Å². The van der Waals surface area contributed by atoms with E-state index in [4.69, 9.17) is 9.15 Å². The number of aryl methyl sites for hydroxylation is 1. The largest absolute Gasteiger partial charge is 0.454 e. The van der Waals surface area contributed by atoms with Crippen molar-refractivity contribution >= 4 is 5.97 Å². The van der Waals surface area contributed by atoms with Gasteiger partial charge in [-0.1, -0.05) is 29.5 Å². The van der Waals surface area contributed by atoms with Gasteiger partial charge in [-0.05, 0) is 44.2 Å². The lowest BCUT2D eigenvalue weighted by Gasteiger charge is -2.04. The number of benzene rings is 2. The Kier molecular flexibility index (Phi) is 4.90. The molecular formula is C21H17FN4O3. The second-order valence-corrected chi connectivity index (χ2v) is 6.38. The SMILES string of the molecule is Cc1oc(-c2ccccc2)nc1COC(=O)c1nnn(-c2cccc(F)c2)c1C. The molecule has 0 saturated carbocycles. The number of esters is 1. The molecule has 4 rings (SSSR count). The maximum atomic E-state index is 13.5. The number of nitrogens with zero attached hydrogens (tertiary/aromatic N) is 4. The number of ether oxygens (including phenoxy) is 1. The van der Waals surface area contributed by atoms with Crippen molar-refractivity contribution in [2.45, 2.75) is 20.5 Å². The van der Waals surface area contributed by atoms with Crippen molar-refractivity contribution in [1.29, 1.82) is 0 Å². The van der Waals surface area contributed by atoms with Crippen LogP contribution in [0.1, 0.15) is 27.6 Å². The summed E-state index contributed by atoms with van der Waals surface area (Å²) in [5.74, 6) is -0.0229. The van der Waals surface area contributed by atoms with Gasteiger partial charge < -0.3 is 9.15 Å². The average Bonchev–Trinajstić information content (AvgIpc) is 3.29. The molecule has 2 heterocycles. The third-order valence-electron chi connectivity index (χ3n) is 4.39. The second-order valence-electron chi connectivity index (χ2n) is 6.38. The molecule has 0 amide bonds. The maximum absolute atomic E-state index is 13.5. The van der Waals surface area contributed by atoms with Crippen molar-refractivity contribution in [3.63, 3.8) is 0 Å². The molecule has 0 spiro atoms. The monoisotopic (exact) mass is 392 g/mol. The molecule has 2 aromatic carbocycles. The van der Waals surface area contributed by atoms with E-state index in [-0.39, 0.29) is 12.3 Å². The fraction of sp³-hybridized carbons (Fsp3) is 0.143. The average molecular weight is 392 g/mol. The fourth-order valence-electron chi connectivity index (χ4n) is 2.84. The number of halogens is 1. The van der Waals surface area contributed by atoms with Crippen LogP contribution in [0.4, 0.5) is 4.39 Å². The zero-order valence-corrected chi connectivity index (χ0v) is 15.8. The maximum Gasteiger partial charge on any atom is 0.361 e. The van der Waals surface area contributed by atoms with Crippen LogP contribution < -0.4 is 0 Å². The first-order valence-corrected chi connectivity index (χ1v) is 8.90. The topological polar surface area (TPSA) is 83.0 Å². The number of hydrogen-bond donors (Lipinski definition) is 0. The van der Waals surface area contributed by atoms with Crippen molar-refractivity contribution in [3.05, 3.63) is 83.3 Å². The number of aromatic nitrogens is 4. The number of carbonyl (C=O) groups is 1. The van der Waals surface area contributed by atoms with Crippen molar-refractivity contribution in [2.24, 2.45) is 0 Å². The van der Waals surface area contributed by atoms with Gasteiger partial charge in [-0.25, -0.2) is 18.9 Å². The van der Waals surface area contributed by atoms with Gasteiger partial charge in [-0.15, -0.1) is 5.10 Å². The number of rotatable bonds is 5. The molecule has 0 bridgehead atoms. The van der Waals surface area contributed by atoms with Crippen LogP contribution in [0.3, 0.4) is 0 Å². The molecule has 0 fully saturated rings. The molecule has 8 heteroatoms. The van der Waals surface area contributed by atoms with E-state index in [1.54, 1.807) is 26.0 Å². The van der Waals surface area contributed by atoms with Crippen molar-refractivity contribution < 1.29 is 18.3 Å². The molecule has 146 valence electrons. The first-order chi connectivity index (χ1) is 14.0. The first-order valence-electron chi connectivity index (χ1n) is 8.90. The highest BCUT2D eigenvalue weighted by Crippen LogP contribution is 2.22. The van der Waals surface area contributed by atoms with E-state index < -0.39 is 11.8 Å². The molecule has 2 aromatic heterocycles. The molecule has 0 N–H and O–H groups in total. The van der Waals surface area contributed by atoms with Gasteiger partial charge in [0.05, 0.1) is 11.4 Å². The summed E-state index contributed by atoms with van der Waals surface area (Å²) in [6, 6.07) is 15.3. The lowest BCUT2D eigenvalue weighted by Crippen LogP contribution is -2.09. The normalized spacial score (nSPS) is 10.9. The molecule has 0 unspecified atom stereocenters. The van der Waals surface area contributed by atoms with Crippen LogP contribution in [0.5, 0.6) is 0 Å². The van der Waals surface area contributed by atoms with E-state index in [0.29, 0.717) is 28.7 Å². The molecule has 0 saturated heterocycles. The van der Waals surface area contributed by atoms with Gasteiger partial charge in [0, 0.05) is 5.56 Å². The standard InChI is InChI=1S/C21H17FN4O3/c1-13-19(24-25-26(13)17-10-6-9-16(22)11-17)21(27)28-12-18-14(2)29-20(23-18)15-7-4-3-5-8-15/h3-11H,12H2,1-2H3. The van der Waals surface area contributed by atoms with Crippen LogP contribution in [0.15, 0.2) is 59.0 Å². The molecular weight excluding hydrogens is 375 g/mol. The third-order valence-corrected chi connectivity index (χ3v) is 4.39. The fourth-order valence-corrected chi connectivity index (χ4v) is 2.84. The van der Waals surface area contributed by atoms with E-state index >= 15 is 0 Å². The molecule has 0 atom stereocenters. The number of hydrogen-bond acceptors (Lipinski definition) is 6. The summed E-state index contributed by atoms with van der Waals surface area (Å²) in [5, 5.41) is 7.81. The summed E-state index contributed by atoms with van der Waals surface area (Å²) >= 11 is 0. The summed E-state index contributed by atoms with van der Waals surface area (Å²) < 4.78 is 25.8. The summed E-state index contributed by atoms with van der Waals surface area (Å²) in [5.41, 5.74) is 2.32. The zero-order chi connectivity index (χ0) is 20.4. The van der Waals surface area contributed by atoms with Crippen LogP contribution in [0.2, 0.25) is 0 Å². The van der Waals surface area contributed by atoms with E-state index in [9.17, 15) is 9.18 Å². The third kappa shape index (κ3) is 3.77. The van der Waals surface area contributed by atoms with Crippen LogP contribution in [-0.2, 0) is 11.3 Å². The highest BCUT2D eigenvalue weighted by atomic mass is 19.1. The number of oxazole rings is 1. The summed E-state index contributed by atoms with van der Waals surface area (Å²) in [6.45, 7) is 3.36. The minimum atomic E-state index is -0.645. The van der Waals surface area contributed by atoms with Crippen molar-refractivity contribution in [2.75, 3.05) is 0 Å². The van der Waals surface area contributed by atoms with E-state index in [1.165, 1.54) is 16.8 Å². The van der Waals surface area contributed by atoms with E-state index in [0.717, 1.165) is 5.56 Å². The Hall–Kier alpha value is -3.81. The second kappa shape index (κ2) is 7.67. The lowest BCUT2D eigenvalue weighted by molar-refractivity contribution is 0.0459. The van der Waals surface area contributed by atoms with Gasteiger partial charge in [0.2, 0.25) is 5.89 Å². The van der Waals surface area contributed by atoms with Gasteiger partial charge in [0.25, 0.3) is 0 Å². The van der Waals surface area contributed by atoms with Crippen molar-refractivity contribution in [3.8, 4) is 17.1 Å². The zero-order valence-electron chi connectivity index (χ0n) is 15.8. The molecule has 0 radical (unpaired) electrons. The molecule has 4 aromatic rings. The predicted molar refractivity (Wildman–Crippen MR) is 102 cm³/mol. The predicted octanol–water partition coefficient (Wildman–Crippen LogP) is 4.04. The van der Waals surface area contributed by atoms with Gasteiger partial charge >= 0.3 is 5.97 Å². The Bertz CT molecular complexity index is 1170. The highest BCUT2D eigenvalue weighted by Gasteiger charge is 2.20.